The molecule has 0 saturated heterocycles. The first-order valence-corrected chi connectivity index (χ1v) is 5.01. The molecule has 2 nitrogen and oxygen atoms in total. The Morgan fingerprint density at radius 3 is 2.33 bits per heavy atom. The van der Waals surface area contributed by atoms with Gasteiger partial charge >= 0.3 is 0 Å². The lowest BCUT2D eigenvalue weighted by Crippen LogP contribution is -2.20. The van der Waals surface area contributed by atoms with E-state index in [1.165, 1.54) is 32.2 Å². The fraction of sp³-hybridized carbons (Fsp3) is 0.800. The Hall–Kier alpha value is -0.340. The Morgan fingerprint density at radius 1 is 1.00 bits per heavy atom. The average molecular weight is 168 g/mol. The van der Waals surface area contributed by atoms with Crippen molar-refractivity contribution in [3.63, 3.8) is 0 Å². The highest BCUT2D eigenvalue weighted by Crippen LogP contribution is 2.04. The van der Waals surface area contributed by atoms with Crippen LogP contribution in [0.5, 0.6) is 0 Å². The Labute approximate surface area is 75.4 Å². The molecule has 70 valence electrons. The van der Waals surface area contributed by atoms with Gasteiger partial charge in [0.15, 0.2) is 0 Å². The highest BCUT2D eigenvalue weighted by atomic mass is 15.1. The molecule has 0 aliphatic carbocycles. The van der Waals surface area contributed by atoms with E-state index < -0.39 is 0 Å². The van der Waals surface area contributed by atoms with Gasteiger partial charge in [0.25, 0.3) is 0 Å². The first-order chi connectivity index (χ1) is 5.93. The summed E-state index contributed by atoms with van der Waals surface area (Å²) in [6.07, 6.45) is 9.67. The molecule has 0 unspecified atom stereocenters. The zero-order chi connectivity index (χ0) is 8.65. The van der Waals surface area contributed by atoms with Gasteiger partial charge in [-0.25, -0.2) is 0 Å². The van der Waals surface area contributed by atoms with E-state index in [0.717, 1.165) is 19.6 Å². The van der Waals surface area contributed by atoms with Crippen molar-refractivity contribution in [1.29, 1.82) is 0 Å². The minimum Gasteiger partial charge on any atom is -0.330 e. The maximum atomic E-state index is 5.41. The summed E-state index contributed by atoms with van der Waals surface area (Å²) in [5, 5.41) is 0. The van der Waals surface area contributed by atoms with Crippen molar-refractivity contribution in [2.75, 3.05) is 26.2 Å². The number of nitrogens with zero attached hydrogens (tertiary/aromatic N) is 1. The summed E-state index contributed by atoms with van der Waals surface area (Å²) < 4.78 is 0. The molecule has 0 aromatic heterocycles. The van der Waals surface area contributed by atoms with Crippen molar-refractivity contribution in [2.24, 2.45) is 5.73 Å². The van der Waals surface area contributed by atoms with Crippen LogP contribution in [0.15, 0.2) is 12.2 Å². The maximum Gasteiger partial charge on any atom is 0.0166 e. The van der Waals surface area contributed by atoms with Gasteiger partial charge in [-0.05, 0) is 25.9 Å². The molecule has 12 heavy (non-hydrogen) atoms. The highest BCUT2D eigenvalue weighted by molar-refractivity contribution is 4.94. The van der Waals surface area contributed by atoms with E-state index in [1.807, 2.05) is 0 Å². The molecule has 0 atom stereocenters. The summed E-state index contributed by atoms with van der Waals surface area (Å²) in [6.45, 7) is 4.44. The number of hydrogen-bond donors (Lipinski definition) is 1. The van der Waals surface area contributed by atoms with Crippen LogP contribution in [-0.4, -0.2) is 31.1 Å². The minimum absolute atomic E-state index is 0.852. The fourth-order valence-corrected chi connectivity index (χ4v) is 1.54. The van der Waals surface area contributed by atoms with E-state index in [2.05, 4.69) is 17.1 Å². The second-order valence-corrected chi connectivity index (χ2v) is 3.43. The second-order valence-electron chi connectivity index (χ2n) is 3.43. The van der Waals surface area contributed by atoms with Gasteiger partial charge in [-0.2, -0.15) is 0 Å². The van der Waals surface area contributed by atoms with Crippen molar-refractivity contribution in [2.45, 2.75) is 25.7 Å². The molecule has 1 rings (SSSR count). The molecule has 1 aliphatic rings. The van der Waals surface area contributed by atoms with Crippen molar-refractivity contribution in [3.8, 4) is 0 Å². The third-order valence-electron chi connectivity index (χ3n) is 2.32. The van der Waals surface area contributed by atoms with Gasteiger partial charge in [0.2, 0.25) is 0 Å². The van der Waals surface area contributed by atoms with Gasteiger partial charge in [-0.3, -0.25) is 4.90 Å². The Morgan fingerprint density at radius 2 is 1.67 bits per heavy atom. The zero-order valence-electron chi connectivity index (χ0n) is 7.84. The van der Waals surface area contributed by atoms with E-state index in [0.29, 0.717) is 0 Å². The van der Waals surface area contributed by atoms with Crippen LogP contribution in [0.4, 0.5) is 0 Å². The van der Waals surface area contributed by atoms with Gasteiger partial charge in [0.1, 0.15) is 0 Å². The molecule has 0 radical (unpaired) electrons. The van der Waals surface area contributed by atoms with Gasteiger partial charge < -0.3 is 5.73 Å². The zero-order valence-corrected chi connectivity index (χ0v) is 7.84. The smallest absolute Gasteiger partial charge is 0.0166 e. The average Bonchev–Trinajstić information content (AvgIpc) is 2.57. The van der Waals surface area contributed by atoms with Crippen LogP contribution in [0.1, 0.15) is 25.7 Å². The first kappa shape index (κ1) is 9.75. The third kappa shape index (κ3) is 3.88. The molecular weight excluding hydrogens is 148 g/mol. The molecule has 0 aromatic rings. The Balaban J connectivity index is 1.82. The van der Waals surface area contributed by atoms with E-state index in [4.69, 9.17) is 5.73 Å². The van der Waals surface area contributed by atoms with Crippen LogP contribution in [-0.2, 0) is 0 Å². The lowest BCUT2D eigenvalue weighted by Gasteiger charge is -2.13. The lowest BCUT2D eigenvalue weighted by atomic mass is 10.2. The number of unbranched alkanes of at least 4 members (excludes halogenated alkanes) is 3. The predicted molar refractivity (Wildman–Crippen MR) is 53.1 cm³/mol. The van der Waals surface area contributed by atoms with Crippen molar-refractivity contribution in [3.05, 3.63) is 12.2 Å². The summed E-state index contributed by atoms with van der Waals surface area (Å²) in [5.74, 6) is 0. The summed E-state index contributed by atoms with van der Waals surface area (Å²) in [6, 6.07) is 0. The second kappa shape index (κ2) is 6.21. The van der Waals surface area contributed by atoms with Gasteiger partial charge in [0, 0.05) is 13.1 Å². The fourth-order valence-electron chi connectivity index (χ4n) is 1.54. The monoisotopic (exact) mass is 168 g/mol. The van der Waals surface area contributed by atoms with Crippen LogP contribution < -0.4 is 5.73 Å². The minimum atomic E-state index is 0.852. The predicted octanol–water partition coefficient (Wildman–Crippen LogP) is 1.38. The van der Waals surface area contributed by atoms with Crippen LogP contribution in [0, 0.1) is 0 Å². The number of rotatable bonds is 6. The van der Waals surface area contributed by atoms with E-state index in [9.17, 15) is 0 Å². The Bertz CT molecular complexity index is 124. The summed E-state index contributed by atoms with van der Waals surface area (Å²) in [5.41, 5.74) is 5.41. The quantitative estimate of drug-likeness (QED) is 0.479. The molecule has 1 aliphatic heterocycles. The first-order valence-electron chi connectivity index (χ1n) is 5.01. The molecule has 0 fully saturated rings. The van der Waals surface area contributed by atoms with E-state index in [1.54, 1.807) is 0 Å². The molecule has 0 amide bonds. The van der Waals surface area contributed by atoms with Crippen LogP contribution >= 0.6 is 0 Å². The van der Waals surface area contributed by atoms with Crippen LogP contribution in [0.2, 0.25) is 0 Å². The molecular formula is C10H20N2. The van der Waals surface area contributed by atoms with E-state index >= 15 is 0 Å². The largest absolute Gasteiger partial charge is 0.330 e. The van der Waals surface area contributed by atoms with Crippen molar-refractivity contribution < 1.29 is 0 Å². The summed E-state index contributed by atoms with van der Waals surface area (Å²) in [4.78, 5) is 2.47. The molecule has 2 heteroatoms. The molecule has 0 aromatic carbocycles. The molecule has 1 heterocycles. The lowest BCUT2D eigenvalue weighted by molar-refractivity contribution is 0.340. The van der Waals surface area contributed by atoms with Crippen molar-refractivity contribution in [1.82, 2.24) is 4.90 Å². The molecule has 0 bridgehead atoms. The number of nitrogens with two attached hydrogens (primary N) is 1. The Kier molecular flexibility index (Phi) is 5.04. The SMILES string of the molecule is NCCCCCCN1CC=CC1. The van der Waals surface area contributed by atoms with E-state index in [-0.39, 0.29) is 0 Å². The van der Waals surface area contributed by atoms with Gasteiger partial charge in [-0.15, -0.1) is 0 Å². The molecule has 2 N–H and O–H groups in total. The molecule has 0 spiro atoms. The number of hydrogen-bond acceptors (Lipinski definition) is 2. The highest BCUT2D eigenvalue weighted by Gasteiger charge is 2.03. The topological polar surface area (TPSA) is 29.3 Å². The van der Waals surface area contributed by atoms with Crippen molar-refractivity contribution >= 4 is 0 Å². The molecule has 0 saturated carbocycles. The standard InChI is InChI=1S/C10H20N2/c11-7-3-1-2-4-8-12-9-5-6-10-12/h5-6H,1-4,7-11H2. The summed E-state index contributed by atoms with van der Waals surface area (Å²) >= 11 is 0. The van der Waals surface area contributed by atoms with Gasteiger partial charge in [-0.1, -0.05) is 25.0 Å². The summed E-state index contributed by atoms with van der Waals surface area (Å²) in [7, 11) is 0. The third-order valence-corrected chi connectivity index (χ3v) is 2.32. The van der Waals surface area contributed by atoms with Crippen LogP contribution in [0.25, 0.3) is 0 Å². The van der Waals surface area contributed by atoms with Gasteiger partial charge in [0.05, 0.1) is 0 Å². The maximum absolute atomic E-state index is 5.41. The normalized spacial score (nSPS) is 17.4. The van der Waals surface area contributed by atoms with Crippen LogP contribution in [0.3, 0.4) is 0 Å².